The first-order valence-electron chi connectivity index (χ1n) is 7.63. The zero-order chi connectivity index (χ0) is 16.9. The minimum Gasteiger partial charge on any atom is -0.472 e. The number of furan rings is 1. The Bertz CT molecular complexity index is 782. The molecule has 0 spiro atoms. The van der Waals surface area contributed by atoms with Gasteiger partial charge in [0.1, 0.15) is 17.0 Å². The summed E-state index contributed by atoms with van der Waals surface area (Å²) in [7, 11) is 0. The van der Waals surface area contributed by atoms with Crippen molar-refractivity contribution in [2.75, 3.05) is 6.54 Å². The highest BCUT2D eigenvalue weighted by Gasteiger charge is 2.21. The lowest BCUT2D eigenvalue weighted by Gasteiger charge is -2.23. The molecule has 3 rings (SSSR count). The van der Waals surface area contributed by atoms with E-state index < -0.39 is 6.10 Å². The molecule has 1 atom stereocenters. The summed E-state index contributed by atoms with van der Waals surface area (Å²) < 4.78 is 5.06. The van der Waals surface area contributed by atoms with Gasteiger partial charge in [0, 0.05) is 24.0 Å². The third-order valence-corrected chi connectivity index (χ3v) is 4.37. The molecule has 2 heterocycles. The smallest absolute Gasteiger partial charge is 0.273 e. The molecule has 1 amide bonds. The van der Waals surface area contributed by atoms with Crippen LogP contribution in [0.4, 0.5) is 0 Å². The molecule has 124 valence electrons. The molecule has 5 nitrogen and oxygen atoms in total. The average molecular weight is 342 g/mol. The van der Waals surface area contributed by atoms with Gasteiger partial charge in [0.25, 0.3) is 5.91 Å². The van der Waals surface area contributed by atoms with Crippen molar-refractivity contribution >= 4 is 17.2 Å². The highest BCUT2D eigenvalue weighted by molar-refractivity contribution is 7.13. The molecule has 6 heteroatoms. The lowest BCUT2D eigenvalue weighted by Crippen LogP contribution is -2.36. The molecular formula is C18H18N2O3S. The van der Waals surface area contributed by atoms with Gasteiger partial charge in [0.05, 0.1) is 12.4 Å². The quantitative estimate of drug-likeness (QED) is 0.745. The topological polar surface area (TPSA) is 66.6 Å². The Labute approximate surface area is 144 Å². The molecule has 0 saturated heterocycles. The van der Waals surface area contributed by atoms with E-state index in [1.54, 1.807) is 29.7 Å². The average Bonchev–Trinajstić information content (AvgIpc) is 3.25. The van der Waals surface area contributed by atoms with Crippen molar-refractivity contribution in [3.63, 3.8) is 0 Å². The van der Waals surface area contributed by atoms with E-state index in [1.165, 1.54) is 11.3 Å². The van der Waals surface area contributed by atoms with Gasteiger partial charge in [-0.25, -0.2) is 4.98 Å². The molecule has 3 aromatic rings. The third kappa shape index (κ3) is 3.90. The number of benzene rings is 1. The summed E-state index contributed by atoms with van der Waals surface area (Å²) in [6.07, 6.45) is 2.57. The second kappa shape index (κ2) is 7.42. The van der Waals surface area contributed by atoms with E-state index in [4.69, 9.17) is 4.42 Å². The standard InChI is InChI=1S/C18H18N2O3S/c1-13(21)9-20(10-14-5-3-2-4-6-14)18(22)16-12-24-17(19-16)15-7-8-23-11-15/h2-8,11-13,21H,9-10H2,1H3/t13-/m0/s1. The van der Waals surface area contributed by atoms with Crippen molar-refractivity contribution in [3.8, 4) is 10.6 Å². The predicted molar refractivity (Wildman–Crippen MR) is 92.7 cm³/mol. The Balaban J connectivity index is 1.80. The van der Waals surface area contributed by atoms with Gasteiger partial charge in [-0.3, -0.25) is 4.79 Å². The molecule has 0 unspecified atom stereocenters. The van der Waals surface area contributed by atoms with E-state index in [0.717, 1.165) is 16.1 Å². The van der Waals surface area contributed by atoms with Gasteiger partial charge < -0.3 is 14.4 Å². The second-order valence-corrected chi connectivity index (χ2v) is 6.43. The van der Waals surface area contributed by atoms with Crippen LogP contribution in [0.1, 0.15) is 23.0 Å². The summed E-state index contributed by atoms with van der Waals surface area (Å²) in [6.45, 7) is 2.36. The van der Waals surface area contributed by atoms with Crippen molar-refractivity contribution in [1.29, 1.82) is 0 Å². The zero-order valence-corrected chi connectivity index (χ0v) is 14.1. The maximum atomic E-state index is 12.8. The fourth-order valence-corrected chi connectivity index (χ4v) is 3.17. The molecule has 2 aromatic heterocycles. The van der Waals surface area contributed by atoms with Crippen LogP contribution in [0.5, 0.6) is 0 Å². The fourth-order valence-electron chi connectivity index (χ4n) is 2.39. The molecule has 0 bridgehead atoms. The highest BCUT2D eigenvalue weighted by atomic mass is 32.1. The van der Waals surface area contributed by atoms with Crippen LogP contribution in [-0.4, -0.2) is 33.5 Å². The van der Waals surface area contributed by atoms with Crippen LogP contribution in [-0.2, 0) is 6.54 Å². The number of aromatic nitrogens is 1. The predicted octanol–water partition coefficient (Wildman–Crippen LogP) is 3.43. The largest absolute Gasteiger partial charge is 0.472 e. The Hall–Kier alpha value is -2.44. The Kier molecular flexibility index (Phi) is 5.08. The first-order chi connectivity index (χ1) is 11.6. The molecule has 0 aliphatic rings. The number of rotatable bonds is 6. The van der Waals surface area contributed by atoms with E-state index in [-0.39, 0.29) is 12.5 Å². The molecule has 0 saturated carbocycles. The Morgan fingerprint density at radius 1 is 1.33 bits per heavy atom. The van der Waals surface area contributed by atoms with Crippen LogP contribution in [0.3, 0.4) is 0 Å². The Morgan fingerprint density at radius 3 is 2.79 bits per heavy atom. The highest BCUT2D eigenvalue weighted by Crippen LogP contribution is 2.24. The number of amides is 1. The molecular weight excluding hydrogens is 324 g/mol. The number of carbonyl (C=O) groups excluding carboxylic acids is 1. The molecule has 1 aromatic carbocycles. The number of aliphatic hydroxyl groups is 1. The summed E-state index contributed by atoms with van der Waals surface area (Å²) in [5, 5.41) is 12.2. The minimum atomic E-state index is -0.607. The van der Waals surface area contributed by atoms with E-state index in [1.807, 2.05) is 36.4 Å². The molecule has 0 aliphatic heterocycles. The van der Waals surface area contributed by atoms with E-state index >= 15 is 0 Å². The summed E-state index contributed by atoms with van der Waals surface area (Å²) in [5.74, 6) is -0.189. The van der Waals surface area contributed by atoms with Crippen molar-refractivity contribution in [3.05, 3.63) is 65.6 Å². The third-order valence-electron chi connectivity index (χ3n) is 3.48. The van der Waals surface area contributed by atoms with Gasteiger partial charge >= 0.3 is 0 Å². The van der Waals surface area contributed by atoms with Gasteiger partial charge in [-0.15, -0.1) is 11.3 Å². The molecule has 1 N–H and O–H groups in total. The first-order valence-corrected chi connectivity index (χ1v) is 8.51. The van der Waals surface area contributed by atoms with Crippen molar-refractivity contribution in [2.45, 2.75) is 19.6 Å². The van der Waals surface area contributed by atoms with Crippen molar-refractivity contribution in [2.24, 2.45) is 0 Å². The second-order valence-electron chi connectivity index (χ2n) is 5.57. The van der Waals surface area contributed by atoms with Gasteiger partial charge in [-0.1, -0.05) is 30.3 Å². The lowest BCUT2D eigenvalue weighted by molar-refractivity contribution is 0.0626. The number of aliphatic hydroxyl groups excluding tert-OH is 1. The molecule has 0 radical (unpaired) electrons. The van der Waals surface area contributed by atoms with Gasteiger partial charge in [-0.2, -0.15) is 0 Å². The monoisotopic (exact) mass is 342 g/mol. The van der Waals surface area contributed by atoms with Crippen LogP contribution in [0.25, 0.3) is 10.6 Å². The summed E-state index contributed by atoms with van der Waals surface area (Å²) in [4.78, 5) is 18.8. The molecule has 24 heavy (non-hydrogen) atoms. The van der Waals surface area contributed by atoms with Crippen molar-refractivity contribution < 1.29 is 14.3 Å². The number of thiazole rings is 1. The maximum Gasteiger partial charge on any atom is 0.273 e. The zero-order valence-electron chi connectivity index (χ0n) is 13.3. The summed E-state index contributed by atoms with van der Waals surface area (Å²) in [5.41, 5.74) is 2.24. The van der Waals surface area contributed by atoms with Gasteiger partial charge in [0.15, 0.2) is 0 Å². The SMILES string of the molecule is C[C@H](O)CN(Cc1ccccc1)C(=O)c1csc(-c2ccoc2)n1. The first kappa shape index (κ1) is 16.4. The van der Waals surface area contributed by atoms with E-state index in [2.05, 4.69) is 4.98 Å². The maximum absolute atomic E-state index is 12.8. The van der Waals surface area contributed by atoms with Crippen LogP contribution in [0, 0.1) is 0 Å². The van der Waals surface area contributed by atoms with Gasteiger partial charge in [-0.05, 0) is 18.6 Å². The van der Waals surface area contributed by atoms with Crippen LogP contribution >= 0.6 is 11.3 Å². The van der Waals surface area contributed by atoms with Crippen molar-refractivity contribution in [1.82, 2.24) is 9.88 Å². The fraction of sp³-hybridized carbons (Fsp3) is 0.222. The normalized spacial score (nSPS) is 12.1. The molecule has 0 fully saturated rings. The van der Waals surface area contributed by atoms with Gasteiger partial charge in [0.2, 0.25) is 0 Å². The lowest BCUT2D eigenvalue weighted by atomic mass is 10.2. The van der Waals surface area contributed by atoms with E-state index in [9.17, 15) is 9.90 Å². The summed E-state index contributed by atoms with van der Waals surface area (Å²) in [6, 6.07) is 11.5. The number of carbonyl (C=O) groups is 1. The van der Waals surface area contributed by atoms with Crippen LogP contribution < -0.4 is 0 Å². The van der Waals surface area contributed by atoms with Crippen LogP contribution in [0.2, 0.25) is 0 Å². The van der Waals surface area contributed by atoms with E-state index in [0.29, 0.717) is 12.2 Å². The minimum absolute atomic E-state index is 0.189. The number of nitrogens with zero attached hydrogens (tertiary/aromatic N) is 2. The number of hydrogen-bond acceptors (Lipinski definition) is 5. The van der Waals surface area contributed by atoms with Crippen LogP contribution in [0.15, 0.2) is 58.7 Å². The summed E-state index contributed by atoms with van der Waals surface area (Å²) >= 11 is 1.40. The Morgan fingerprint density at radius 2 is 2.12 bits per heavy atom. The number of hydrogen-bond donors (Lipinski definition) is 1. The molecule has 0 aliphatic carbocycles.